The highest BCUT2D eigenvalue weighted by molar-refractivity contribution is 7.99. The number of H-pyrrole nitrogens is 1. The summed E-state index contributed by atoms with van der Waals surface area (Å²) in [4.78, 5) is 23.1. The summed E-state index contributed by atoms with van der Waals surface area (Å²) in [5.74, 6) is 0.695. The highest BCUT2D eigenvalue weighted by atomic mass is 35.5. The summed E-state index contributed by atoms with van der Waals surface area (Å²) in [5.41, 5.74) is 3.63. The van der Waals surface area contributed by atoms with Gasteiger partial charge in [0.1, 0.15) is 23.0 Å². The van der Waals surface area contributed by atoms with Gasteiger partial charge in [-0.3, -0.25) is 4.99 Å². The molecule has 0 radical (unpaired) electrons. The fourth-order valence-electron chi connectivity index (χ4n) is 3.41. The molecule has 0 aliphatic carbocycles. The number of fused-ring (bicyclic) bond motifs is 2. The SMILES string of the molecule is Cc1cccc2c1=CN(c1ccccc1Cl)C(CSc1ncnc3nc[nH]c13)N=2. The van der Waals surface area contributed by atoms with Gasteiger partial charge in [-0.25, -0.2) is 15.0 Å². The minimum atomic E-state index is -0.123. The maximum Gasteiger partial charge on any atom is 0.181 e. The van der Waals surface area contributed by atoms with E-state index in [1.165, 1.54) is 5.56 Å². The van der Waals surface area contributed by atoms with Crippen molar-refractivity contribution in [1.29, 1.82) is 0 Å². The first-order valence-electron chi connectivity index (χ1n) is 9.16. The summed E-state index contributed by atoms with van der Waals surface area (Å²) in [5, 5.41) is 3.67. The predicted octanol–water partition coefficient (Wildman–Crippen LogP) is 3.31. The Morgan fingerprint density at radius 1 is 1.10 bits per heavy atom. The zero-order chi connectivity index (χ0) is 19.8. The van der Waals surface area contributed by atoms with E-state index >= 15 is 0 Å². The molecular formula is C21H17ClN6S. The molecule has 8 heteroatoms. The lowest BCUT2D eigenvalue weighted by Crippen LogP contribution is -2.44. The smallest absolute Gasteiger partial charge is 0.181 e. The molecule has 29 heavy (non-hydrogen) atoms. The molecule has 0 saturated heterocycles. The molecule has 1 N–H and O–H groups in total. The largest absolute Gasteiger partial charge is 0.341 e. The molecular weight excluding hydrogens is 404 g/mol. The number of nitrogens with one attached hydrogen (secondary N) is 1. The second-order valence-electron chi connectivity index (χ2n) is 6.70. The number of hydrogen-bond donors (Lipinski definition) is 1. The van der Waals surface area contributed by atoms with Gasteiger partial charge in [0.2, 0.25) is 0 Å². The highest BCUT2D eigenvalue weighted by Gasteiger charge is 2.22. The summed E-state index contributed by atoms with van der Waals surface area (Å²) in [6.45, 7) is 2.10. The number of anilines is 1. The van der Waals surface area contributed by atoms with Crippen molar-refractivity contribution in [2.45, 2.75) is 18.1 Å². The molecule has 1 unspecified atom stereocenters. The Kier molecular flexibility index (Phi) is 4.69. The fourth-order valence-corrected chi connectivity index (χ4v) is 4.60. The highest BCUT2D eigenvalue weighted by Crippen LogP contribution is 2.31. The Hall–Kier alpha value is -2.90. The van der Waals surface area contributed by atoms with Crippen LogP contribution in [0.1, 0.15) is 5.56 Å². The average Bonchev–Trinajstić information content (AvgIpc) is 3.22. The summed E-state index contributed by atoms with van der Waals surface area (Å²) in [6, 6.07) is 14.0. The standard InChI is InChI=1S/C21H17ClN6S/c1-13-5-4-7-16-14(13)9-28(17-8-3-2-6-15(17)22)18(27-16)10-29-21-19-20(24-11-23-19)25-12-26-21/h2-9,11-12,18H,10H2,1H3,(H,23,24,25,26). The number of para-hydroxylation sites is 1. The number of nitrogens with zero attached hydrogens (tertiary/aromatic N) is 5. The molecule has 4 aromatic rings. The Morgan fingerprint density at radius 2 is 2.00 bits per heavy atom. The molecule has 2 aromatic carbocycles. The van der Waals surface area contributed by atoms with Gasteiger partial charge in [-0.05, 0) is 30.7 Å². The van der Waals surface area contributed by atoms with Crippen molar-refractivity contribution in [2.24, 2.45) is 4.99 Å². The van der Waals surface area contributed by atoms with Gasteiger partial charge in [0.15, 0.2) is 5.65 Å². The predicted molar refractivity (Wildman–Crippen MR) is 117 cm³/mol. The van der Waals surface area contributed by atoms with Gasteiger partial charge in [-0.2, -0.15) is 0 Å². The van der Waals surface area contributed by atoms with Gasteiger partial charge in [-0.15, -0.1) is 0 Å². The number of halogens is 1. The minimum absolute atomic E-state index is 0.123. The third kappa shape index (κ3) is 3.36. The molecule has 0 fully saturated rings. The lowest BCUT2D eigenvalue weighted by molar-refractivity contribution is 0.737. The summed E-state index contributed by atoms with van der Waals surface area (Å²) < 4.78 is 0. The summed E-state index contributed by atoms with van der Waals surface area (Å²) >= 11 is 8.15. The zero-order valence-electron chi connectivity index (χ0n) is 15.6. The van der Waals surface area contributed by atoms with E-state index in [1.54, 1.807) is 24.4 Å². The topological polar surface area (TPSA) is 70.1 Å². The molecule has 3 heterocycles. The van der Waals surface area contributed by atoms with Crippen molar-refractivity contribution in [2.75, 3.05) is 10.7 Å². The summed E-state index contributed by atoms with van der Waals surface area (Å²) in [6.07, 6.45) is 5.20. The van der Waals surface area contributed by atoms with Crippen LogP contribution in [0, 0.1) is 6.92 Å². The van der Waals surface area contributed by atoms with Gasteiger partial charge >= 0.3 is 0 Å². The Balaban J connectivity index is 1.55. The van der Waals surface area contributed by atoms with Crippen LogP contribution in [0.5, 0.6) is 0 Å². The molecule has 5 rings (SSSR count). The van der Waals surface area contributed by atoms with E-state index in [1.807, 2.05) is 30.3 Å². The second-order valence-corrected chi connectivity index (χ2v) is 8.11. The van der Waals surface area contributed by atoms with Crippen molar-refractivity contribution < 1.29 is 0 Å². The van der Waals surface area contributed by atoms with Gasteiger partial charge in [-0.1, -0.05) is 47.6 Å². The van der Waals surface area contributed by atoms with Crippen molar-refractivity contribution >= 4 is 46.4 Å². The van der Waals surface area contributed by atoms with Crippen LogP contribution in [-0.2, 0) is 0 Å². The molecule has 1 atom stereocenters. The maximum atomic E-state index is 6.53. The monoisotopic (exact) mass is 420 g/mol. The third-order valence-corrected chi connectivity index (χ3v) is 6.23. The number of rotatable bonds is 4. The van der Waals surface area contributed by atoms with Crippen LogP contribution < -0.4 is 15.5 Å². The molecule has 0 spiro atoms. The number of hydrogen-bond acceptors (Lipinski definition) is 6. The number of imidazole rings is 1. The zero-order valence-corrected chi connectivity index (χ0v) is 17.2. The van der Waals surface area contributed by atoms with Gasteiger partial charge in [0.25, 0.3) is 0 Å². The maximum absolute atomic E-state index is 6.53. The van der Waals surface area contributed by atoms with Crippen LogP contribution in [0.4, 0.5) is 5.69 Å². The van der Waals surface area contributed by atoms with E-state index in [9.17, 15) is 0 Å². The number of thioether (sulfide) groups is 1. The number of aromatic amines is 1. The van der Waals surface area contributed by atoms with E-state index in [-0.39, 0.29) is 6.17 Å². The van der Waals surface area contributed by atoms with Gasteiger partial charge < -0.3 is 9.88 Å². The molecule has 2 aromatic heterocycles. The average molecular weight is 421 g/mol. The van der Waals surface area contributed by atoms with Crippen molar-refractivity contribution in [1.82, 2.24) is 19.9 Å². The molecule has 0 bridgehead atoms. The third-order valence-electron chi connectivity index (χ3n) is 4.87. The number of aryl methyl sites for hydroxylation is 1. The normalized spacial score (nSPS) is 15.7. The van der Waals surface area contributed by atoms with E-state index in [0.717, 1.165) is 26.8 Å². The van der Waals surface area contributed by atoms with E-state index in [4.69, 9.17) is 16.6 Å². The van der Waals surface area contributed by atoms with Crippen LogP contribution in [-0.4, -0.2) is 31.9 Å². The van der Waals surface area contributed by atoms with Gasteiger partial charge in [0, 0.05) is 17.2 Å². The lowest BCUT2D eigenvalue weighted by Gasteiger charge is -2.30. The molecule has 1 aliphatic rings. The molecule has 6 nitrogen and oxygen atoms in total. The van der Waals surface area contributed by atoms with E-state index in [0.29, 0.717) is 16.4 Å². The van der Waals surface area contributed by atoms with Crippen LogP contribution in [0.3, 0.4) is 0 Å². The van der Waals surface area contributed by atoms with E-state index in [2.05, 4.69) is 50.1 Å². The first-order chi connectivity index (χ1) is 14.2. The van der Waals surface area contributed by atoms with Crippen LogP contribution in [0.2, 0.25) is 5.02 Å². The first-order valence-corrected chi connectivity index (χ1v) is 10.5. The molecule has 0 saturated carbocycles. The Bertz CT molecular complexity index is 1320. The summed E-state index contributed by atoms with van der Waals surface area (Å²) in [7, 11) is 0. The van der Waals surface area contributed by atoms with Gasteiger partial charge in [0.05, 0.1) is 22.4 Å². The van der Waals surface area contributed by atoms with Crippen molar-refractivity contribution in [3.63, 3.8) is 0 Å². The van der Waals surface area contributed by atoms with Crippen molar-refractivity contribution in [3.05, 3.63) is 76.3 Å². The van der Waals surface area contributed by atoms with Crippen LogP contribution in [0.15, 0.2) is 65.1 Å². The van der Waals surface area contributed by atoms with Crippen LogP contribution >= 0.6 is 23.4 Å². The molecule has 0 amide bonds. The first kappa shape index (κ1) is 18.1. The minimum Gasteiger partial charge on any atom is -0.341 e. The lowest BCUT2D eigenvalue weighted by atomic mass is 10.1. The van der Waals surface area contributed by atoms with Crippen molar-refractivity contribution in [3.8, 4) is 0 Å². The van der Waals surface area contributed by atoms with Crippen LogP contribution in [0.25, 0.3) is 17.4 Å². The Morgan fingerprint density at radius 3 is 2.90 bits per heavy atom. The van der Waals surface area contributed by atoms with E-state index < -0.39 is 0 Å². The number of benzene rings is 2. The Labute approximate surface area is 176 Å². The molecule has 144 valence electrons. The fraction of sp³-hybridized carbons (Fsp3) is 0.143. The second kappa shape index (κ2) is 7.50. The quantitative estimate of drug-likeness (QED) is 0.405. The molecule has 1 aliphatic heterocycles. The number of aromatic nitrogens is 4.